The molecule has 0 unspecified atom stereocenters. The van der Waals surface area contributed by atoms with E-state index >= 15 is 0 Å². The van der Waals surface area contributed by atoms with Gasteiger partial charge >= 0.3 is 0 Å². The van der Waals surface area contributed by atoms with E-state index in [1.54, 1.807) is 26.2 Å². The van der Waals surface area contributed by atoms with Gasteiger partial charge in [0.25, 0.3) is 5.91 Å². The number of hydrogen-bond acceptors (Lipinski definition) is 5. The van der Waals surface area contributed by atoms with Crippen LogP contribution in [0.3, 0.4) is 0 Å². The highest BCUT2D eigenvalue weighted by Gasteiger charge is 2.26. The number of anilines is 1. The SMILES string of the molecule is CN(C)C(=O)c1ccc(N(CCO)C2CCC2)nn1. The fraction of sp³-hybridized carbons (Fsp3) is 0.615. The van der Waals surface area contributed by atoms with Crippen molar-refractivity contribution in [3.05, 3.63) is 17.8 Å². The van der Waals surface area contributed by atoms with E-state index in [-0.39, 0.29) is 12.5 Å². The van der Waals surface area contributed by atoms with Crippen LogP contribution in [0.2, 0.25) is 0 Å². The van der Waals surface area contributed by atoms with E-state index in [4.69, 9.17) is 5.11 Å². The Morgan fingerprint density at radius 2 is 2.11 bits per heavy atom. The zero-order chi connectivity index (χ0) is 13.8. The molecule has 0 saturated heterocycles. The number of carbonyl (C=O) groups is 1. The molecule has 0 aliphatic heterocycles. The molecule has 1 saturated carbocycles. The highest BCUT2D eigenvalue weighted by Crippen LogP contribution is 2.27. The number of aliphatic hydroxyl groups excluding tert-OH is 1. The van der Waals surface area contributed by atoms with Gasteiger partial charge in [0.05, 0.1) is 6.61 Å². The number of nitrogens with zero attached hydrogens (tertiary/aromatic N) is 4. The first kappa shape index (κ1) is 13.7. The van der Waals surface area contributed by atoms with E-state index < -0.39 is 0 Å². The van der Waals surface area contributed by atoms with Gasteiger partial charge in [0.1, 0.15) is 0 Å². The lowest BCUT2D eigenvalue weighted by molar-refractivity contribution is 0.0821. The molecule has 0 bridgehead atoms. The molecule has 1 fully saturated rings. The topological polar surface area (TPSA) is 69.6 Å². The van der Waals surface area contributed by atoms with Crippen LogP contribution in [-0.4, -0.2) is 59.4 Å². The quantitative estimate of drug-likeness (QED) is 0.840. The molecule has 6 nitrogen and oxygen atoms in total. The third-order valence-electron chi connectivity index (χ3n) is 3.43. The summed E-state index contributed by atoms with van der Waals surface area (Å²) in [5.74, 6) is 0.574. The standard InChI is InChI=1S/C13H20N4O2/c1-16(2)13(19)11-6-7-12(15-14-11)17(8-9-18)10-4-3-5-10/h6-7,10,18H,3-5,8-9H2,1-2H3. The predicted molar refractivity (Wildman–Crippen MR) is 72.1 cm³/mol. The van der Waals surface area contributed by atoms with Gasteiger partial charge in [0.2, 0.25) is 0 Å². The Kier molecular flexibility index (Phi) is 4.31. The largest absolute Gasteiger partial charge is 0.395 e. The summed E-state index contributed by atoms with van der Waals surface area (Å²) in [5, 5.41) is 17.2. The Bertz CT molecular complexity index is 429. The molecule has 6 heteroatoms. The number of aliphatic hydroxyl groups is 1. The lowest BCUT2D eigenvalue weighted by Gasteiger charge is -2.37. The highest BCUT2D eigenvalue weighted by atomic mass is 16.3. The summed E-state index contributed by atoms with van der Waals surface area (Å²) < 4.78 is 0. The summed E-state index contributed by atoms with van der Waals surface area (Å²) >= 11 is 0. The van der Waals surface area contributed by atoms with Crippen molar-refractivity contribution in [3.8, 4) is 0 Å². The van der Waals surface area contributed by atoms with Crippen molar-refractivity contribution in [1.29, 1.82) is 0 Å². The van der Waals surface area contributed by atoms with Crippen LogP contribution in [0.4, 0.5) is 5.82 Å². The summed E-state index contributed by atoms with van der Waals surface area (Å²) in [7, 11) is 3.37. The molecule has 104 valence electrons. The van der Waals surface area contributed by atoms with Crippen molar-refractivity contribution >= 4 is 11.7 Å². The highest BCUT2D eigenvalue weighted by molar-refractivity contribution is 5.91. The van der Waals surface area contributed by atoms with Gasteiger partial charge in [0, 0.05) is 26.7 Å². The molecule has 0 atom stereocenters. The van der Waals surface area contributed by atoms with Crippen LogP contribution in [0.1, 0.15) is 29.8 Å². The second-order valence-electron chi connectivity index (χ2n) is 4.98. The molecule has 2 rings (SSSR count). The van der Waals surface area contributed by atoms with Gasteiger partial charge in [-0.3, -0.25) is 4.79 Å². The molecule has 1 aromatic heterocycles. The summed E-state index contributed by atoms with van der Waals surface area (Å²) in [6.45, 7) is 0.650. The Balaban J connectivity index is 2.13. The minimum atomic E-state index is -0.156. The van der Waals surface area contributed by atoms with E-state index in [9.17, 15) is 4.79 Å². The third kappa shape index (κ3) is 3.01. The van der Waals surface area contributed by atoms with Crippen molar-refractivity contribution in [3.63, 3.8) is 0 Å². The summed E-state index contributed by atoms with van der Waals surface area (Å²) in [5.41, 5.74) is 0.339. The predicted octanol–water partition coefficient (Wildman–Crippen LogP) is 0.530. The maximum absolute atomic E-state index is 11.7. The molecule has 0 aromatic carbocycles. The van der Waals surface area contributed by atoms with Crippen LogP contribution < -0.4 is 4.90 Å². The molecule has 19 heavy (non-hydrogen) atoms. The Hall–Kier alpha value is -1.69. The van der Waals surface area contributed by atoms with Crippen molar-refractivity contribution < 1.29 is 9.90 Å². The molecule has 1 aromatic rings. The number of amides is 1. The summed E-state index contributed by atoms with van der Waals surface area (Å²) in [6, 6.07) is 3.93. The smallest absolute Gasteiger partial charge is 0.273 e. The monoisotopic (exact) mass is 264 g/mol. The van der Waals surface area contributed by atoms with E-state index in [1.165, 1.54) is 11.3 Å². The molecule has 0 radical (unpaired) electrons. The first-order valence-corrected chi connectivity index (χ1v) is 6.56. The minimum Gasteiger partial charge on any atom is -0.395 e. The Morgan fingerprint density at radius 1 is 1.37 bits per heavy atom. The fourth-order valence-electron chi connectivity index (χ4n) is 2.11. The zero-order valence-electron chi connectivity index (χ0n) is 11.4. The molecular weight excluding hydrogens is 244 g/mol. The molecular formula is C13H20N4O2. The first-order chi connectivity index (χ1) is 9.13. The van der Waals surface area contributed by atoms with E-state index in [1.807, 2.05) is 0 Å². The van der Waals surface area contributed by atoms with Crippen molar-refractivity contribution in [1.82, 2.24) is 15.1 Å². The minimum absolute atomic E-state index is 0.0938. The van der Waals surface area contributed by atoms with E-state index in [0.29, 0.717) is 18.3 Å². The lowest BCUT2D eigenvalue weighted by atomic mass is 9.91. The molecule has 1 aliphatic rings. The fourth-order valence-corrected chi connectivity index (χ4v) is 2.11. The van der Waals surface area contributed by atoms with Gasteiger partial charge in [-0.1, -0.05) is 0 Å². The van der Waals surface area contributed by atoms with Crippen LogP contribution in [0, 0.1) is 0 Å². The summed E-state index contributed by atoms with van der Waals surface area (Å²) in [6.07, 6.45) is 3.47. The Labute approximate surface area is 113 Å². The third-order valence-corrected chi connectivity index (χ3v) is 3.43. The van der Waals surface area contributed by atoms with Gasteiger partial charge in [0.15, 0.2) is 11.5 Å². The molecule has 1 amide bonds. The number of aromatic nitrogens is 2. The van der Waals surface area contributed by atoms with Crippen LogP contribution >= 0.6 is 0 Å². The lowest BCUT2D eigenvalue weighted by Crippen LogP contribution is -2.42. The molecule has 0 spiro atoms. The zero-order valence-corrected chi connectivity index (χ0v) is 11.4. The van der Waals surface area contributed by atoms with Crippen LogP contribution in [0.5, 0.6) is 0 Å². The second-order valence-corrected chi connectivity index (χ2v) is 4.98. The van der Waals surface area contributed by atoms with Crippen LogP contribution in [-0.2, 0) is 0 Å². The number of rotatable bonds is 5. The molecule has 1 heterocycles. The normalized spacial score (nSPS) is 14.9. The summed E-state index contributed by atoms with van der Waals surface area (Å²) in [4.78, 5) is 15.3. The average molecular weight is 264 g/mol. The first-order valence-electron chi connectivity index (χ1n) is 6.56. The van der Waals surface area contributed by atoms with Gasteiger partial charge < -0.3 is 14.9 Å². The van der Waals surface area contributed by atoms with Gasteiger partial charge in [-0.15, -0.1) is 10.2 Å². The van der Waals surface area contributed by atoms with Crippen molar-refractivity contribution in [2.24, 2.45) is 0 Å². The molecule has 1 aliphatic carbocycles. The molecule has 1 N–H and O–H groups in total. The van der Waals surface area contributed by atoms with Crippen LogP contribution in [0.25, 0.3) is 0 Å². The maximum Gasteiger partial charge on any atom is 0.273 e. The average Bonchev–Trinajstić information content (AvgIpc) is 2.35. The van der Waals surface area contributed by atoms with Gasteiger partial charge in [-0.25, -0.2) is 0 Å². The van der Waals surface area contributed by atoms with Gasteiger partial charge in [-0.05, 0) is 31.4 Å². The van der Waals surface area contributed by atoms with Crippen LogP contribution in [0.15, 0.2) is 12.1 Å². The van der Waals surface area contributed by atoms with E-state index in [0.717, 1.165) is 18.7 Å². The van der Waals surface area contributed by atoms with Crippen molar-refractivity contribution in [2.45, 2.75) is 25.3 Å². The number of hydrogen-bond donors (Lipinski definition) is 1. The number of carbonyl (C=O) groups excluding carboxylic acids is 1. The van der Waals surface area contributed by atoms with Crippen molar-refractivity contribution in [2.75, 3.05) is 32.1 Å². The van der Waals surface area contributed by atoms with E-state index in [2.05, 4.69) is 15.1 Å². The second kappa shape index (κ2) is 5.97. The Morgan fingerprint density at radius 3 is 2.53 bits per heavy atom. The maximum atomic E-state index is 11.7. The van der Waals surface area contributed by atoms with Gasteiger partial charge in [-0.2, -0.15) is 0 Å².